The molecule has 2 aromatic heterocycles. The summed E-state index contributed by atoms with van der Waals surface area (Å²) < 4.78 is 5.52. The van der Waals surface area contributed by atoms with Crippen molar-refractivity contribution in [2.24, 2.45) is 5.41 Å². The molecule has 124 valence electrons. The zero-order chi connectivity index (χ0) is 15.7. The summed E-state index contributed by atoms with van der Waals surface area (Å²) in [7, 11) is 2.26. The van der Waals surface area contributed by atoms with E-state index in [1.54, 1.807) is 17.6 Å². The lowest BCUT2D eigenvalue weighted by molar-refractivity contribution is -0.0648. The molecule has 1 aliphatic heterocycles. The summed E-state index contributed by atoms with van der Waals surface area (Å²) in [5.41, 5.74) is 0.542. The van der Waals surface area contributed by atoms with Crippen LogP contribution in [-0.4, -0.2) is 41.0 Å². The van der Waals surface area contributed by atoms with E-state index in [1.165, 1.54) is 43.8 Å². The molecule has 1 spiro atoms. The first-order valence-corrected chi connectivity index (χ1v) is 9.46. The van der Waals surface area contributed by atoms with E-state index in [0.717, 1.165) is 24.9 Å². The van der Waals surface area contributed by atoms with Crippen LogP contribution < -0.4 is 0 Å². The molecule has 1 saturated heterocycles. The van der Waals surface area contributed by atoms with Crippen LogP contribution in [0.2, 0.25) is 0 Å². The molecule has 0 amide bonds. The third-order valence-corrected chi connectivity index (χ3v) is 6.60. The van der Waals surface area contributed by atoms with Crippen LogP contribution in [-0.2, 0) is 13.1 Å². The Bertz CT molecular complexity index is 602. The average Bonchev–Trinajstić information content (AvgIpc) is 3.21. The van der Waals surface area contributed by atoms with Crippen molar-refractivity contribution >= 4 is 11.3 Å². The third kappa shape index (κ3) is 3.10. The first-order valence-electron chi connectivity index (χ1n) is 8.59. The molecule has 23 heavy (non-hydrogen) atoms. The number of piperidine rings is 1. The molecule has 0 aromatic carbocycles. The summed E-state index contributed by atoms with van der Waals surface area (Å²) in [4.78, 5) is 9.51. The fourth-order valence-corrected chi connectivity index (χ4v) is 5.05. The number of furan rings is 1. The normalized spacial score (nSPS) is 24.2. The van der Waals surface area contributed by atoms with Crippen molar-refractivity contribution < 1.29 is 4.42 Å². The van der Waals surface area contributed by atoms with Crippen LogP contribution in [0.15, 0.2) is 34.4 Å². The highest BCUT2D eigenvalue weighted by molar-refractivity contribution is 7.09. The molecule has 5 heteroatoms. The summed E-state index contributed by atoms with van der Waals surface area (Å²) in [6, 6.07) is 4.78. The van der Waals surface area contributed by atoms with Gasteiger partial charge in [-0.05, 0) is 63.4 Å². The number of hydrogen-bond donors (Lipinski definition) is 0. The van der Waals surface area contributed by atoms with Gasteiger partial charge in [-0.1, -0.05) is 0 Å². The molecule has 1 unspecified atom stereocenters. The smallest absolute Gasteiger partial charge is 0.117 e. The lowest BCUT2D eigenvalue weighted by atomic mass is 9.59. The summed E-state index contributed by atoms with van der Waals surface area (Å²) in [5.74, 6) is 1.08. The highest BCUT2D eigenvalue weighted by Crippen LogP contribution is 2.51. The first kappa shape index (κ1) is 15.4. The first-order chi connectivity index (χ1) is 11.3. The standard InChI is InChI=1S/C18H25N3OS/c1-20(13-15-3-2-11-22-15)16-4-5-18(16)6-9-21(10-7-18)14-17-19-8-12-23-17/h2-3,8,11-12,16H,4-7,9-10,13-14H2,1H3. The number of aromatic nitrogens is 1. The Morgan fingerprint density at radius 2 is 2.26 bits per heavy atom. The molecule has 1 aliphatic carbocycles. The van der Waals surface area contributed by atoms with Gasteiger partial charge in [0, 0.05) is 17.6 Å². The number of nitrogens with zero attached hydrogens (tertiary/aromatic N) is 3. The van der Waals surface area contributed by atoms with E-state index in [9.17, 15) is 0 Å². The number of thiazole rings is 1. The predicted molar refractivity (Wildman–Crippen MR) is 92.3 cm³/mol. The molecule has 2 aromatic rings. The molecular weight excluding hydrogens is 306 g/mol. The molecule has 2 fully saturated rings. The van der Waals surface area contributed by atoms with Gasteiger partial charge >= 0.3 is 0 Å². The molecule has 0 radical (unpaired) electrons. The van der Waals surface area contributed by atoms with Gasteiger partial charge < -0.3 is 4.42 Å². The second-order valence-corrected chi connectivity index (χ2v) is 8.09. The molecule has 0 N–H and O–H groups in total. The van der Waals surface area contributed by atoms with Crippen molar-refractivity contribution in [1.82, 2.24) is 14.8 Å². The molecule has 1 atom stereocenters. The van der Waals surface area contributed by atoms with Crippen molar-refractivity contribution in [2.45, 2.75) is 44.8 Å². The molecule has 4 nitrogen and oxygen atoms in total. The van der Waals surface area contributed by atoms with Crippen molar-refractivity contribution in [3.05, 3.63) is 40.7 Å². The number of hydrogen-bond acceptors (Lipinski definition) is 5. The maximum Gasteiger partial charge on any atom is 0.117 e. The van der Waals surface area contributed by atoms with Crippen molar-refractivity contribution in [3.63, 3.8) is 0 Å². The molecule has 3 heterocycles. The Hall–Kier alpha value is -1.17. The van der Waals surface area contributed by atoms with Crippen LogP contribution in [0.1, 0.15) is 36.5 Å². The van der Waals surface area contributed by atoms with Gasteiger partial charge in [-0.25, -0.2) is 4.98 Å². The van der Waals surface area contributed by atoms with Crippen molar-refractivity contribution in [3.8, 4) is 0 Å². The Morgan fingerprint density at radius 3 is 2.87 bits per heavy atom. The van der Waals surface area contributed by atoms with E-state index in [1.807, 2.05) is 12.3 Å². The van der Waals surface area contributed by atoms with E-state index in [2.05, 4.69) is 33.3 Å². The van der Waals surface area contributed by atoms with Crippen LogP contribution in [0.25, 0.3) is 0 Å². The quantitative estimate of drug-likeness (QED) is 0.838. The van der Waals surface area contributed by atoms with Gasteiger partial charge in [0.05, 0.1) is 19.4 Å². The van der Waals surface area contributed by atoms with Gasteiger partial charge in [-0.2, -0.15) is 0 Å². The van der Waals surface area contributed by atoms with Crippen LogP contribution in [0.5, 0.6) is 0 Å². The molecular formula is C18H25N3OS. The summed E-state index contributed by atoms with van der Waals surface area (Å²) in [6.07, 6.45) is 9.07. The Morgan fingerprint density at radius 1 is 1.39 bits per heavy atom. The molecule has 1 saturated carbocycles. The highest BCUT2D eigenvalue weighted by Gasteiger charge is 2.49. The summed E-state index contributed by atoms with van der Waals surface area (Å²) >= 11 is 1.77. The zero-order valence-corrected chi connectivity index (χ0v) is 14.6. The third-order valence-electron chi connectivity index (χ3n) is 5.83. The van der Waals surface area contributed by atoms with Gasteiger partial charge in [0.1, 0.15) is 10.8 Å². The lowest BCUT2D eigenvalue weighted by Crippen LogP contribution is -2.57. The molecule has 2 aliphatic rings. The van der Waals surface area contributed by atoms with Gasteiger partial charge in [-0.3, -0.25) is 9.80 Å². The molecule has 0 bridgehead atoms. The maximum atomic E-state index is 5.52. The van der Waals surface area contributed by atoms with Crippen LogP contribution >= 0.6 is 11.3 Å². The minimum atomic E-state index is 0.542. The minimum Gasteiger partial charge on any atom is -0.468 e. The lowest BCUT2D eigenvalue weighted by Gasteiger charge is -2.56. The van der Waals surface area contributed by atoms with E-state index in [0.29, 0.717) is 5.41 Å². The van der Waals surface area contributed by atoms with Gasteiger partial charge in [0.25, 0.3) is 0 Å². The zero-order valence-electron chi connectivity index (χ0n) is 13.8. The Balaban J connectivity index is 1.33. The SMILES string of the molecule is CN(Cc1ccco1)C1CCC12CCN(Cc1nccs1)CC2. The minimum absolute atomic E-state index is 0.542. The second-order valence-electron chi connectivity index (χ2n) is 7.11. The van der Waals surface area contributed by atoms with E-state index < -0.39 is 0 Å². The summed E-state index contributed by atoms with van der Waals surface area (Å²) in [5, 5.41) is 3.33. The van der Waals surface area contributed by atoms with E-state index in [-0.39, 0.29) is 0 Å². The second kappa shape index (κ2) is 6.38. The Labute approximate surface area is 142 Å². The van der Waals surface area contributed by atoms with Crippen LogP contribution in [0, 0.1) is 5.41 Å². The van der Waals surface area contributed by atoms with Crippen molar-refractivity contribution in [2.75, 3.05) is 20.1 Å². The average molecular weight is 331 g/mol. The maximum absolute atomic E-state index is 5.52. The topological polar surface area (TPSA) is 32.5 Å². The van der Waals surface area contributed by atoms with Crippen LogP contribution in [0.4, 0.5) is 0 Å². The van der Waals surface area contributed by atoms with Crippen molar-refractivity contribution in [1.29, 1.82) is 0 Å². The number of rotatable bonds is 5. The van der Waals surface area contributed by atoms with Crippen LogP contribution in [0.3, 0.4) is 0 Å². The highest BCUT2D eigenvalue weighted by atomic mass is 32.1. The molecule has 4 rings (SSSR count). The monoisotopic (exact) mass is 331 g/mol. The predicted octanol–water partition coefficient (Wildman–Crippen LogP) is 3.61. The fourth-order valence-electron chi connectivity index (χ4n) is 4.39. The van der Waals surface area contributed by atoms with E-state index >= 15 is 0 Å². The number of likely N-dealkylation sites (tertiary alicyclic amines) is 1. The van der Waals surface area contributed by atoms with E-state index in [4.69, 9.17) is 4.42 Å². The van der Waals surface area contributed by atoms with Gasteiger partial charge in [0.2, 0.25) is 0 Å². The van der Waals surface area contributed by atoms with Gasteiger partial charge in [0.15, 0.2) is 0 Å². The Kier molecular flexibility index (Phi) is 4.26. The fraction of sp³-hybridized carbons (Fsp3) is 0.611. The largest absolute Gasteiger partial charge is 0.468 e. The summed E-state index contributed by atoms with van der Waals surface area (Å²) in [6.45, 7) is 4.39. The van der Waals surface area contributed by atoms with Gasteiger partial charge in [-0.15, -0.1) is 11.3 Å².